The summed E-state index contributed by atoms with van der Waals surface area (Å²) >= 11 is 0. The quantitative estimate of drug-likeness (QED) is 0.345. The first kappa shape index (κ1) is 12.2. The van der Waals surface area contributed by atoms with Crippen molar-refractivity contribution in [2.24, 2.45) is 10.9 Å². The summed E-state index contributed by atoms with van der Waals surface area (Å²) < 4.78 is 4.59. The van der Waals surface area contributed by atoms with Gasteiger partial charge in [0.2, 0.25) is 6.08 Å². The monoisotopic (exact) mass is 245 g/mol. The number of aliphatic imine (C=N–C) groups is 1. The van der Waals surface area contributed by atoms with Gasteiger partial charge in [0.1, 0.15) is 0 Å². The van der Waals surface area contributed by atoms with Gasteiger partial charge in [0.25, 0.3) is 0 Å². The molecule has 1 aromatic carbocycles. The molecule has 0 aromatic heterocycles. The van der Waals surface area contributed by atoms with Crippen LogP contribution in [-0.4, -0.2) is 24.1 Å². The molecule has 0 amide bonds. The maximum atomic E-state index is 11.6. The molecule has 0 spiro atoms. The molecule has 0 N–H and O–H groups in total. The number of hydrogen-bond donors (Lipinski definition) is 0. The Morgan fingerprint density at radius 2 is 1.94 bits per heavy atom. The fourth-order valence-electron chi connectivity index (χ4n) is 1.95. The molecule has 0 saturated carbocycles. The van der Waals surface area contributed by atoms with Gasteiger partial charge in [-0.3, -0.25) is 4.79 Å². The molecular weight excluding hydrogens is 234 g/mol. The van der Waals surface area contributed by atoms with Crippen LogP contribution in [0.2, 0.25) is 0 Å². The van der Waals surface area contributed by atoms with Crippen LogP contribution in [0, 0.1) is 5.92 Å². The number of rotatable bonds is 3. The number of carbonyl (C=O) groups is 2. The molecule has 1 unspecified atom stereocenters. The van der Waals surface area contributed by atoms with E-state index < -0.39 is 23.9 Å². The largest absolute Gasteiger partial charge is 0.391 e. The lowest BCUT2D eigenvalue weighted by Crippen LogP contribution is -2.38. The molecule has 1 aliphatic heterocycles. The molecule has 5 heteroatoms. The second-order valence-corrected chi connectivity index (χ2v) is 4.10. The number of benzene rings is 1. The Morgan fingerprint density at radius 3 is 2.61 bits per heavy atom. The van der Waals surface area contributed by atoms with Gasteiger partial charge in [0.05, 0.1) is 5.92 Å². The zero-order valence-corrected chi connectivity index (χ0v) is 9.54. The highest BCUT2D eigenvalue weighted by Gasteiger charge is 2.36. The standard InChI is InChI=1S/C13H11NO4/c15-8-14-11-7-10(12(16)18-13(11)17)6-9-4-2-1-3-5-9/h1-5,10-11H,6-7H2/t10?,11-/m0/s1. The Morgan fingerprint density at radius 1 is 1.22 bits per heavy atom. The summed E-state index contributed by atoms with van der Waals surface area (Å²) in [6.45, 7) is 0. The lowest BCUT2D eigenvalue weighted by atomic mass is 9.91. The van der Waals surface area contributed by atoms with Crippen molar-refractivity contribution in [1.29, 1.82) is 0 Å². The molecule has 0 radical (unpaired) electrons. The molecular formula is C13H11NO4. The van der Waals surface area contributed by atoms with Crippen molar-refractivity contribution >= 4 is 18.0 Å². The summed E-state index contributed by atoms with van der Waals surface area (Å²) in [5.41, 5.74) is 0.975. The van der Waals surface area contributed by atoms with Crippen LogP contribution in [0.5, 0.6) is 0 Å². The lowest BCUT2D eigenvalue weighted by molar-refractivity contribution is -0.168. The zero-order valence-electron chi connectivity index (χ0n) is 9.54. The number of cyclic esters (lactones) is 2. The molecule has 1 heterocycles. The molecule has 92 valence electrons. The van der Waals surface area contributed by atoms with Gasteiger partial charge in [-0.2, -0.15) is 4.99 Å². The number of nitrogens with zero attached hydrogens (tertiary/aromatic N) is 1. The van der Waals surface area contributed by atoms with Crippen molar-refractivity contribution in [2.75, 3.05) is 0 Å². The molecule has 5 nitrogen and oxygen atoms in total. The van der Waals surface area contributed by atoms with Crippen LogP contribution in [-0.2, 0) is 25.5 Å². The summed E-state index contributed by atoms with van der Waals surface area (Å²) in [6, 6.07) is 8.49. The van der Waals surface area contributed by atoms with Crippen molar-refractivity contribution in [2.45, 2.75) is 18.9 Å². The maximum Gasteiger partial charge on any atom is 0.339 e. The Labute approximate surface area is 103 Å². The number of carbonyl (C=O) groups excluding carboxylic acids is 3. The highest BCUT2D eigenvalue weighted by Crippen LogP contribution is 2.22. The first-order chi connectivity index (χ1) is 8.70. The van der Waals surface area contributed by atoms with Crippen molar-refractivity contribution in [1.82, 2.24) is 0 Å². The van der Waals surface area contributed by atoms with Crippen molar-refractivity contribution in [3.05, 3.63) is 35.9 Å². The van der Waals surface area contributed by atoms with Gasteiger partial charge in [-0.05, 0) is 18.4 Å². The van der Waals surface area contributed by atoms with Gasteiger partial charge >= 0.3 is 11.9 Å². The molecule has 1 aliphatic rings. The molecule has 0 bridgehead atoms. The van der Waals surface area contributed by atoms with E-state index in [1.54, 1.807) is 0 Å². The highest BCUT2D eigenvalue weighted by molar-refractivity contribution is 5.93. The number of esters is 2. The Balaban J connectivity index is 2.10. The minimum absolute atomic E-state index is 0.196. The van der Waals surface area contributed by atoms with Gasteiger partial charge in [-0.1, -0.05) is 30.3 Å². The minimum Gasteiger partial charge on any atom is -0.391 e. The minimum atomic E-state index is -0.908. The average Bonchev–Trinajstić information content (AvgIpc) is 2.37. The Kier molecular flexibility index (Phi) is 3.65. The summed E-state index contributed by atoms with van der Waals surface area (Å²) in [5.74, 6) is -1.78. The summed E-state index contributed by atoms with van der Waals surface area (Å²) in [7, 11) is 0. The maximum absolute atomic E-state index is 11.6. The molecule has 2 rings (SSSR count). The Hall–Kier alpha value is -2.26. The fraction of sp³-hybridized carbons (Fsp3) is 0.308. The molecule has 2 atom stereocenters. The summed E-state index contributed by atoms with van der Waals surface area (Å²) in [4.78, 5) is 36.4. The lowest BCUT2D eigenvalue weighted by Gasteiger charge is -2.23. The Bertz CT molecular complexity index is 505. The molecule has 1 aromatic rings. The van der Waals surface area contributed by atoms with Crippen LogP contribution in [0.4, 0.5) is 0 Å². The van der Waals surface area contributed by atoms with Crippen LogP contribution < -0.4 is 0 Å². The first-order valence-electron chi connectivity index (χ1n) is 5.57. The van der Waals surface area contributed by atoms with Gasteiger partial charge in [-0.15, -0.1) is 0 Å². The fourth-order valence-corrected chi connectivity index (χ4v) is 1.95. The first-order valence-corrected chi connectivity index (χ1v) is 5.57. The van der Waals surface area contributed by atoms with E-state index in [1.165, 1.54) is 6.08 Å². The number of hydrogen-bond acceptors (Lipinski definition) is 5. The number of isocyanates is 1. The topological polar surface area (TPSA) is 72.8 Å². The van der Waals surface area contributed by atoms with E-state index in [2.05, 4.69) is 9.73 Å². The third-order valence-corrected chi connectivity index (χ3v) is 2.85. The van der Waals surface area contributed by atoms with E-state index >= 15 is 0 Å². The molecule has 18 heavy (non-hydrogen) atoms. The van der Waals surface area contributed by atoms with Crippen molar-refractivity contribution in [3.8, 4) is 0 Å². The van der Waals surface area contributed by atoms with Crippen LogP contribution in [0.1, 0.15) is 12.0 Å². The normalized spacial score (nSPS) is 23.1. The third kappa shape index (κ3) is 2.70. The highest BCUT2D eigenvalue weighted by atomic mass is 16.6. The van der Waals surface area contributed by atoms with Crippen LogP contribution >= 0.6 is 0 Å². The summed E-state index contributed by atoms with van der Waals surface area (Å²) in [6.07, 6.45) is 2.00. The smallest absolute Gasteiger partial charge is 0.339 e. The molecule has 1 saturated heterocycles. The van der Waals surface area contributed by atoms with Gasteiger partial charge < -0.3 is 4.74 Å². The van der Waals surface area contributed by atoms with Crippen molar-refractivity contribution in [3.63, 3.8) is 0 Å². The van der Waals surface area contributed by atoms with Gasteiger partial charge in [0, 0.05) is 0 Å². The SMILES string of the molecule is O=C=N[C@H]1CC(Cc2ccccc2)C(=O)OC1=O. The van der Waals surface area contributed by atoms with E-state index in [-0.39, 0.29) is 6.42 Å². The van der Waals surface area contributed by atoms with Crippen molar-refractivity contribution < 1.29 is 19.1 Å². The van der Waals surface area contributed by atoms with Gasteiger partial charge in [0.15, 0.2) is 6.04 Å². The van der Waals surface area contributed by atoms with Crippen LogP contribution in [0.25, 0.3) is 0 Å². The third-order valence-electron chi connectivity index (χ3n) is 2.85. The second-order valence-electron chi connectivity index (χ2n) is 4.10. The van der Waals surface area contributed by atoms with E-state index in [0.29, 0.717) is 6.42 Å². The van der Waals surface area contributed by atoms with Crippen LogP contribution in [0.3, 0.4) is 0 Å². The summed E-state index contributed by atoms with van der Waals surface area (Å²) in [5, 5.41) is 0. The number of ether oxygens (including phenoxy) is 1. The molecule has 0 aliphatic carbocycles. The van der Waals surface area contributed by atoms with E-state index in [1.807, 2.05) is 30.3 Å². The van der Waals surface area contributed by atoms with E-state index in [0.717, 1.165) is 5.56 Å². The second kappa shape index (κ2) is 5.38. The average molecular weight is 245 g/mol. The van der Waals surface area contributed by atoms with Crippen LogP contribution in [0.15, 0.2) is 35.3 Å². The molecule has 1 fully saturated rings. The zero-order chi connectivity index (χ0) is 13.0. The van der Waals surface area contributed by atoms with E-state index in [4.69, 9.17) is 0 Å². The predicted molar refractivity (Wildman–Crippen MR) is 61.3 cm³/mol. The predicted octanol–water partition coefficient (Wildman–Crippen LogP) is 1.02. The van der Waals surface area contributed by atoms with Gasteiger partial charge in [-0.25, -0.2) is 9.59 Å². The van der Waals surface area contributed by atoms with E-state index in [9.17, 15) is 14.4 Å².